The minimum Gasteiger partial charge on any atom is -0.353 e. The molecule has 0 bridgehead atoms. The van der Waals surface area contributed by atoms with E-state index in [1.165, 1.54) is 11.1 Å². The van der Waals surface area contributed by atoms with Gasteiger partial charge >= 0.3 is 0 Å². The maximum Gasteiger partial charge on any atom is 0.226 e. The molecule has 5 heteroatoms. The maximum absolute atomic E-state index is 11.7. The third kappa shape index (κ3) is 4.58. The van der Waals surface area contributed by atoms with Crippen LogP contribution < -0.4 is 5.32 Å². The Bertz CT molecular complexity index is 617. The molecule has 0 unspecified atom stereocenters. The first-order valence-corrected chi connectivity index (χ1v) is 8.98. The summed E-state index contributed by atoms with van der Waals surface area (Å²) in [6.45, 7) is 2.09. The predicted molar refractivity (Wildman–Crippen MR) is 87.7 cm³/mol. The van der Waals surface area contributed by atoms with Gasteiger partial charge in [-0.1, -0.05) is 41.6 Å². The largest absolute Gasteiger partial charge is 0.353 e. The number of carbonyl (C=O) groups excluding carboxylic acids is 1. The van der Waals surface area contributed by atoms with E-state index >= 15 is 0 Å². The van der Waals surface area contributed by atoms with Crippen LogP contribution in [-0.4, -0.2) is 16.9 Å². The van der Waals surface area contributed by atoms with Crippen LogP contribution in [-0.2, 0) is 17.0 Å². The van der Waals surface area contributed by atoms with Gasteiger partial charge < -0.3 is 5.32 Å². The second-order valence-corrected chi connectivity index (χ2v) is 7.48. The van der Waals surface area contributed by atoms with Crippen LogP contribution in [0.3, 0.4) is 0 Å². The highest BCUT2D eigenvalue weighted by Gasteiger charge is 2.23. The number of amides is 1. The Morgan fingerprint density at radius 1 is 1.38 bits per heavy atom. The van der Waals surface area contributed by atoms with Gasteiger partial charge in [0.1, 0.15) is 4.34 Å². The number of hydrogen-bond donors (Lipinski definition) is 1. The van der Waals surface area contributed by atoms with Crippen molar-refractivity contribution in [3.63, 3.8) is 0 Å². The molecule has 1 aromatic carbocycles. The fraction of sp³-hybridized carbons (Fsp3) is 0.375. The van der Waals surface area contributed by atoms with E-state index < -0.39 is 0 Å². The highest BCUT2D eigenvalue weighted by atomic mass is 32.2. The van der Waals surface area contributed by atoms with Crippen LogP contribution in [0.4, 0.5) is 0 Å². The molecule has 1 fully saturated rings. The zero-order valence-electron chi connectivity index (χ0n) is 12.0. The Morgan fingerprint density at radius 3 is 2.86 bits per heavy atom. The van der Waals surface area contributed by atoms with Crippen LogP contribution >= 0.6 is 23.1 Å². The molecular weight excluding hydrogens is 300 g/mol. The van der Waals surface area contributed by atoms with Crippen molar-refractivity contribution in [3.8, 4) is 0 Å². The van der Waals surface area contributed by atoms with Gasteiger partial charge in [0.15, 0.2) is 0 Å². The molecule has 0 atom stereocenters. The molecular formula is C16H18N2OS2. The van der Waals surface area contributed by atoms with Gasteiger partial charge in [-0.3, -0.25) is 4.79 Å². The molecule has 1 N–H and O–H groups in total. The lowest BCUT2D eigenvalue weighted by atomic mass is 10.2. The van der Waals surface area contributed by atoms with Crippen molar-refractivity contribution in [3.05, 3.63) is 46.5 Å². The molecule has 3 rings (SSSR count). The van der Waals surface area contributed by atoms with E-state index in [0.29, 0.717) is 12.5 Å². The summed E-state index contributed by atoms with van der Waals surface area (Å²) >= 11 is 3.35. The second-order valence-electron chi connectivity index (χ2n) is 5.40. The third-order valence-electron chi connectivity index (χ3n) is 3.30. The SMILES string of the molecule is Cc1ccc(CSc2nc(CC(=O)NC3CC3)cs2)cc1. The first-order valence-electron chi connectivity index (χ1n) is 7.11. The highest BCUT2D eigenvalue weighted by molar-refractivity contribution is 8.00. The van der Waals surface area contributed by atoms with Crippen molar-refractivity contribution in [1.29, 1.82) is 0 Å². The molecule has 2 aromatic rings. The molecule has 1 aliphatic carbocycles. The van der Waals surface area contributed by atoms with Gasteiger partial charge in [-0.25, -0.2) is 4.98 Å². The molecule has 0 aliphatic heterocycles. The van der Waals surface area contributed by atoms with Gasteiger partial charge in [0.05, 0.1) is 12.1 Å². The van der Waals surface area contributed by atoms with Gasteiger partial charge in [0.2, 0.25) is 5.91 Å². The second kappa shape index (κ2) is 6.62. The average molecular weight is 318 g/mol. The number of aryl methyl sites for hydroxylation is 1. The molecule has 110 valence electrons. The summed E-state index contributed by atoms with van der Waals surface area (Å²) < 4.78 is 1.03. The first-order chi connectivity index (χ1) is 10.2. The van der Waals surface area contributed by atoms with Crippen LogP contribution in [0.5, 0.6) is 0 Å². The highest BCUT2D eigenvalue weighted by Crippen LogP contribution is 2.26. The zero-order valence-corrected chi connectivity index (χ0v) is 13.6. The molecule has 1 aliphatic rings. The smallest absolute Gasteiger partial charge is 0.226 e. The normalized spacial score (nSPS) is 14.1. The lowest BCUT2D eigenvalue weighted by Gasteiger charge is -2.00. The number of carbonyl (C=O) groups is 1. The molecule has 1 amide bonds. The van der Waals surface area contributed by atoms with Crippen molar-refractivity contribution in [2.45, 2.75) is 42.3 Å². The lowest BCUT2D eigenvalue weighted by Crippen LogP contribution is -2.27. The van der Waals surface area contributed by atoms with Crippen molar-refractivity contribution < 1.29 is 4.79 Å². The number of thiazole rings is 1. The Morgan fingerprint density at radius 2 is 2.14 bits per heavy atom. The van der Waals surface area contributed by atoms with Gasteiger partial charge in [-0.15, -0.1) is 11.3 Å². The predicted octanol–water partition coefficient (Wildman–Crippen LogP) is 3.56. The first kappa shape index (κ1) is 14.6. The Kier molecular flexibility index (Phi) is 4.60. The Labute approximate surface area is 133 Å². The minimum atomic E-state index is 0.0953. The van der Waals surface area contributed by atoms with Crippen LogP contribution in [0.15, 0.2) is 34.0 Å². The number of nitrogens with zero attached hydrogens (tertiary/aromatic N) is 1. The van der Waals surface area contributed by atoms with E-state index in [9.17, 15) is 4.79 Å². The van der Waals surface area contributed by atoms with E-state index in [0.717, 1.165) is 28.6 Å². The molecule has 1 aromatic heterocycles. The number of aromatic nitrogens is 1. The van der Waals surface area contributed by atoms with Crippen molar-refractivity contribution >= 4 is 29.0 Å². The quantitative estimate of drug-likeness (QED) is 0.828. The van der Waals surface area contributed by atoms with Crippen molar-refractivity contribution in [1.82, 2.24) is 10.3 Å². The zero-order chi connectivity index (χ0) is 14.7. The molecule has 1 heterocycles. The number of nitrogens with one attached hydrogen (secondary N) is 1. The fourth-order valence-corrected chi connectivity index (χ4v) is 3.74. The maximum atomic E-state index is 11.7. The molecule has 3 nitrogen and oxygen atoms in total. The van der Waals surface area contributed by atoms with Crippen molar-refractivity contribution in [2.75, 3.05) is 0 Å². The van der Waals surface area contributed by atoms with Gasteiger partial charge in [0, 0.05) is 17.2 Å². The topological polar surface area (TPSA) is 42.0 Å². The summed E-state index contributed by atoms with van der Waals surface area (Å²) in [7, 11) is 0. The summed E-state index contributed by atoms with van der Waals surface area (Å²) in [4.78, 5) is 16.3. The van der Waals surface area contributed by atoms with Crippen molar-refractivity contribution in [2.24, 2.45) is 0 Å². The van der Waals surface area contributed by atoms with E-state index in [1.54, 1.807) is 23.1 Å². The summed E-state index contributed by atoms with van der Waals surface area (Å²) in [5.74, 6) is 1.01. The number of hydrogen-bond acceptors (Lipinski definition) is 4. The fourth-order valence-electron chi connectivity index (χ4n) is 1.94. The molecule has 1 saturated carbocycles. The number of rotatable bonds is 6. The van der Waals surface area contributed by atoms with E-state index in [1.807, 2.05) is 5.38 Å². The lowest BCUT2D eigenvalue weighted by molar-refractivity contribution is -0.120. The summed E-state index contributed by atoms with van der Waals surface area (Å²) in [6.07, 6.45) is 2.65. The molecule has 0 radical (unpaired) electrons. The molecule has 0 spiro atoms. The summed E-state index contributed by atoms with van der Waals surface area (Å²) in [5.41, 5.74) is 3.46. The van der Waals surface area contributed by atoms with E-state index in [2.05, 4.69) is 41.5 Å². The summed E-state index contributed by atoms with van der Waals surface area (Å²) in [5, 5.41) is 4.98. The number of benzene rings is 1. The molecule has 21 heavy (non-hydrogen) atoms. The minimum absolute atomic E-state index is 0.0953. The van der Waals surface area contributed by atoms with Crippen LogP contribution in [0.2, 0.25) is 0 Å². The monoisotopic (exact) mass is 318 g/mol. The Hall–Kier alpha value is -1.33. The summed E-state index contributed by atoms with van der Waals surface area (Å²) in [6, 6.07) is 8.99. The van der Waals surface area contributed by atoms with Crippen LogP contribution in [0.25, 0.3) is 0 Å². The van der Waals surface area contributed by atoms with Crippen LogP contribution in [0, 0.1) is 6.92 Å². The van der Waals surface area contributed by atoms with Gasteiger partial charge in [-0.2, -0.15) is 0 Å². The molecule has 0 saturated heterocycles. The Balaban J connectivity index is 1.49. The number of thioether (sulfide) groups is 1. The third-order valence-corrected chi connectivity index (χ3v) is 5.44. The van der Waals surface area contributed by atoms with E-state index in [4.69, 9.17) is 0 Å². The standard InChI is InChI=1S/C16H18N2OS2/c1-11-2-4-12(5-3-11)9-20-16-18-14(10-21-16)8-15(19)17-13-6-7-13/h2-5,10,13H,6-9H2,1H3,(H,17,19). The van der Waals surface area contributed by atoms with Crippen LogP contribution in [0.1, 0.15) is 29.7 Å². The van der Waals surface area contributed by atoms with Gasteiger partial charge in [-0.05, 0) is 25.3 Å². The van der Waals surface area contributed by atoms with Gasteiger partial charge in [0.25, 0.3) is 0 Å². The average Bonchev–Trinajstić information content (AvgIpc) is 3.16. The van der Waals surface area contributed by atoms with E-state index in [-0.39, 0.29) is 5.91 Å².